The van der Waals surface area contributed by atoms with Crippen LogP contribution in [-0.2, 0) is 13.6 Å². The zero-order chi connectivity index (χ0) is 26.8. The predicted molar refractivity (Wildman–Crippen MR) is 150 cm³/mol. The van der Waals surface area contributed by atoms with E-state index in [9.17, 15) is 10.6 Å². The number of nitrogens with zero attached hydrogens (tertiary/aromatic N) is 3. The van der Waals surface area contributed by atoms with Crippen molar-refractivity contribution in [2.24, 2.45) is 5.11 Å². The molecule has 1 aliphatic rings. The summed E-state index contributed by atoms with van der Waals surface area (Å²) in [5.74, 6) is 0. The average molecular weight is 540 g/mol. The molecule has 0 amide bonds. The van der Waals surface area contributed by atoms with Gasteiger partial charge < -0.3 is 18.7 Å². The Balaban J connectivity index is 2.42. The van der Waals surface area contributed by atoms with Gasteiger partial charge in [0.05, 0.1) is 12.7 Å². The highest BCUT2D eigenvalue weighted by Gasteiger charge is 2.51. The lowest BCUT2D eigenvalue weighted by molar-refractivity contribution is -0.160. The molecule has 0 aromatic heterocycles. The van der Waals surface area contributed by atoms with Crippen LogP contribution in [0.2, 0.25) is 36.3 Å². The number of hydrogen-bond acceptors (Lipinski definition) is 6. The van der Waals surface area contributed by atoms with Gasteiger partial charge in [0, 0.05) is 9.81 Å². The van der Waals surface area contributed by atoms with E-state index in [4.69, 9.17) is 13.6 Å². The molecule has 1 aromatic rings. The number of benzene rings is 1. The van der Waals surface area contributed by atoms with Crippen LogP contribution in [0.1, 0.15) is 47.1 Å². The number of aliphatic hydroxyl groups excluding tert-OH is 1. The maximum atomic E-state index is 11.5. The van der Waals surface area contributed by atoms with Crippen LogP contribution in [0.3, 0.4) is 0 Å². The van der Waals surface area contributed by atoms with Crippen LogP contribution in [0.15, 0.2) is 34.3 Å². The van der Waals surface area contributed by atoms with Crippen molar-refractivity contribution in [3.8, 4) is 0 Å². The van der Waals surface area contributed by atoms with Gasteiger partial charge in [-0.05, 0) is 60.9 Å². The number of aliphatic hydroxyl groups is 1. The summed E-state index contributed by atoms with van der Waals surface area (Å²) in [6, 6.07) is 7.48. The maximum Gasteiger partial charge on any atom is 0.192 e. The molecule has 0 unspecified atom stereocenters. The van der Waals surface area contributed by atoms with E-state index in [0.29, 0.717) is 0 Å². The minimum Gasteiger partial charge on any atom is -0.414 e. The highest BCUT2D eigenvalue weighted by atomic mass is 32.2. The van der Waals surface area contributed by atoms with Gasteiger partial charge in [-0.25, -0.2) is 0 Å². The van der Waals surface area contributed by atoms with Crippen molar-refractivity contribution in [3.05, 3.63) is 40.3 Å². The number of hydrogen-bond donors (Lipinski definition) is 1. The molecule has 0 spiro atoms. The van der Waals surface area contributed by atoms with Gasteiger partial charge in [0.1, 0.15) is 23.7 Å². The third-order valence-electron chi connectivity index (χ3n) is 7.75. The first-order valence-corrected chi connectivity index (χ1v) is 19.0. The summed E-state index contributed by atoms with van der Waals surface area (Å²) >= 11 is 1.50. The predicted octanol–water partition coefficient (Wildman–Crippen LogP) is 7.26. The first kappa shape index (κ1) is 30.4. The Bertz CT molecular complexity index is 893. The van der Waals surface area contributed by atoms with E-state index in [2.05, 4.69) is 77.8 Å². The molecule has 10 heteroatoms. The molecule has 2 rings (SSSR count). The Kier molecular flexibility index (Phi) is 9.78. The summed E-state index contributed by atoms with van der Waals surface area (Å²) in [7, 11) is -4.36. The van der Waals surface area contributed by atoms with Crippen molar-refractivity contribution in [1.82, 2.24) is 0 Å². The van der Waals surface area contributed by atoms with Crippen molar-refractivity contribution in [2.45, 2.75) is 119 Å². The third kappa shape index (κ3) is 7.58. The lowest BCUT2D eigenvalue weighted by Crippen LogP contribution is -2.62. The summed E-state index contributed by atoms with van der Waals surface area (Å²) in [4.78, 5) is 4.12. The molecular weight excluding hydrogens is 495 g/mol. The minimum absolute atomic E-state index is 0.0351. The summed E-state index contributed by atoms with van der Waals surface area (Å²) in [6.45, 7) is 24.0. The molecule has 5 atom stereocenters. The Hall–Kier alpha value is -0.846. The summed E-state index contributed by atoms with van der Waals surface area (Å²) in [6.07, 6.45) is -2.25. The highest BCUT2D eigenvalue weighted by Crippen LogP contribution is 2.43. The second-order valence-corrected chi connectivity index (χ2v) is 23.3. The molecule has 1 aromatic carbocycles. The Morgan fingerprint density at radius 3 is 2.06 bits per heavy atom. The normalized spacial score (nSPS) is 26.3. The minimum atomic E-state index is -2.29. The smallest absolute Gasteiger partial charge is 0.192 e. The van der Waals surface area contributed by atoms with Gasteiger partial charge in [0.15, 0.2) is 16.6 Å². The molecule has 0 saturated carbocycles. The summed E-state index contributed by atoms with van der Waals surface area (Å²) in [5, 5.41) is 15.6. The Morgan fingerprint density at radius 1 is 1.03 bits per heavy atom. The van der Waals surface area contributed by atoms with Crippen LogP contribution >= 0.6 is 11.8 Å². The number of thioether (sulfide) groups is 1. The van der Waals surface area contributed by atoms with Crippen molar-refractivity contribution in [2.75, 3.05) is 6.61 Å². The van der Waals surface area contributed by atoms with E-state index in [1.54, 1.807) is 0 Å². The van der Waals surface area contributed by atoms with Crippen LogP contribution < -0.4 is 0 Å². The maximum absolute atomic E-state index is 11.5. The zero-order valence-corrected chi connectivity index (χ0v) is 26.1. The molecule has 7 nitrogen and oxygen atoms in total. The van der Waals surface area contributed by atoms with Gasteiger partial charge in [-0.2, -0.15) is 0 Å². The van der Waals surface area contributed by atoms with Crippen molar-refractivity contribution < 1.29 is 18.7 Å². The van der Waals surface area contributed by atoms with Crippen LogP contribution in [0.5, 0.6) is 0 Å². The second-order valence-electron chi connectivity index (χ2n) is 12.6. The molecule has 198 valence electrons. The van der Waals surface area contributed by atoms with Gasteiger partial charge in [0.2, 0.25) is 0 Å². The van der Waals surface area contributed by atoms with Gasteiger partial charge in [-0.1, -0.05) is 76.1 Å². The number of ether oxygens (including phenoxy) is 1. The van der Waals surface area contributed by atoms with Crippen molar-refractivity contribution in [1.29, 1.82) is 0 Å². The molecule has 1 saturated heterocycles. The molecule has 1 N–H and O–H groups in total. The van der Waals surface area contributed by atoms with Crippen molar-refractivity contribution >= 4 is 28.4 Å². The number of azide groups is 1. The molecule has 1 fully saturated rings. The van der Waals surface area contributed by atoms with Crippen LogP contribution in [0, 0.1) is 6.92 Å². The molecule has 0 bridgehead atoms. The largest absolute Gasteiger partial charge is 0.414 e. The van der Waals surface area contributed by atoms with Crippen LogP contribution in [0.25, 0.3) is 10.4 Å². The van der Waals surface area contributed by atoms with E-state index in [1.165, 1.54) is 17.3 Å². The van der Waals surface area contributed by atoms with Gasteiger partial charge in [-0.3, -0.25) is 0 Å². The Morgan fingerprint density at radius 2 is 1.57 bits per heavy atom. The molecule has 1 heterocycles. The van der Waals surface area contributed by atoms with Crippen molar-refractivity contribution in [3.63, 3.8) is 0 Å². The zero-order valence-electron chi connectivity index (χ0n) is 23.3. The van der Waals surface area contributed by atoms with E-state index in [-0.39, 0.29) is 16.7 Å². The quantitative estimate of drug-likeness (QED) is 0.162. The van der Waals surface area contributed by atoms with E-state index < -0.39 is 46.4 Å². The molecular formula is C25H45N3O4SSi2. The van der Waals surface area contributed by atoms with E-state index >= 15 is 0 Å². The number of rotatable bonds is 8. The summed E-state index contributed by atoms with van der Waals surface area (Å²) in [5.41, 5.74) is 10.1. The van der Waals surface area contributed by atoms with Crippen LogP contribution in [0.4, 0.5) is 0 Å². The highest BCUT2D eigenvalue weighted by molar-refractivity contribution is 7.99. The SMILES string of the molecule is Cc1ccc(S[C@@H]2O[C@H](CO[Si](C)(C)C(C)(C)C)[C@H](O)[C@H](O[Si](C)(C)C(C)(C)C)[C@H]2N=[N+]=[N-])cc1. The van der Waals surface area contributed by atoms with Gasteiger partial charge >= 0.3 is 0 Å². The van der Waals surface area contributed by atoms with Gasteiger partial charge in [-0.15, -0.1) is 0 Å². The lowest BCUT2D eigenvalue weighted by atomic mass is 9.99. The van der Waals surface area contributed by atoms with E-state index in [0.717, 1.165) is 4.90 Å². The standard InChI is InChI=1S/C25H45N3O4SSi2/c1-17-12-14-18(15-13-17)33-23-20(27-28-26)22(32-35(10,11)25(5,6)7)21(29)19(31-23)16-30-34(8,9)24(2,3)4/h12-15,19-23,29H,16H2,1-11H3/t19-,20-,21+,22-,23+/m1/s1. The molecule has 0 radical (unpaired) electrons. The first-order chi connectivity index (χ1) is 15.9. The monoisotopic (exact) mass is 539 g/mol. The number of aryl methyl sites for hydroxylation is 1. The molecule has 35 heavy (non-hydrogen) atoms. The second kappa shape index (κ2) is 11.3. The van der Waals surface area contributed by atoms with E-state index in [1.807, 2.05) is 31.2 Å². The average Bonchev–Trinajstić information content (AvgIpc) is 2.71. The fourth-order valence-electron chi connectivity index (χ4n) is 3.23. The molecule has 1 aliphatic heterocycles. The lowest BCUT2D eigenvalue weighted by Gasteiger charge is -2.48. The summed E-state index contributed by atoms with van der Waals surface area (Å²) < 4.78 is 19.6. The Labute approximate surface area is 218 Å². The fourth-order valence-corrected chi connectivity index (χ4v) is 6.67. The third-order valence-corrected chi connectivity index (χ3v) is 17.9. The topological polar surface area (TPSA) is 96.7 Å². The fraction of sp³-hybridized carbons (Fsp3) is 0.760. The molecule has 0 aliphatic carbocycles. The first-order valence-electron chi connectivity index (χ1n) is 12.3. The van der Waals surface area contributed by atoms with Gasteiger partial charge in [0.25, 0.3) is 0 Å². The van der Waals surface area contributed by atoms with Crippen LogP contribution in [-0.4, -0.2) is 58.1 Å².